The Kier molecular flexibility index (Phi) is 4.09. The average Bonchev–Trinajstić information content (AvgIpc) is 2.99. The molecule has 2 nitrogen and oxygen atoms in total. The Balaban J connectivity index is 1.91. The van der Waals surface area contributed by atoms with Crippen molar-refractivity contribution in [2.24, 2.45) is 0 Å². The third kappa shape index (κ3) is 2.89. The summed E-state index contributed by atoms with van der Waals surface area (Å²) in [5.41, 5.74) is 1.33. The van der Waals surface area contributed by atoms with E-state index in [0.29, 0.717) is 6.04 Å². The topological polar surface area (TPSA) is 24.9 Å². The monoisotopic (exact) mass is 282 g/mol. The summed E-state index contributed by atoms with van der Waals surface area (Å²) in [7, 11) is 0. The van der Waals surface area contributed by atoms with Gasteiger partial charge in [-0.15, -0.1) is 11.3 Å². The van der Waals surface area contributed by atoms with E-state index in [1.165, 1.54) is 21.3 Å². The van der Waals surface area contributed by atoms with Gasteiger partial charge >= 0.3 is 0 Å². The molecule has 0 saturated heterocycles. The summed E-state index contributed by atoms with van der Waals surface area (Å²) in [6.07, 6.45) is 2.83. The van der Waals surface area contributed by atoms with E-state index in [-0.39, 0.29) is 0 Å². The first kappa shape index (κ1) is 13.3. The van der Waals surface area contributed by atoms with Crippen LogP contribution >= 0.6 is 11.3 Å². The van der Waals surface area contributed by atoms with Crippen LogP contribution in [0.1, 0.15) is 23.5 Å². The Hall–Kier alpha value is -1.71. The van der Waals surface area contributed by atoms with Crippen molar-refractivity contribution in [2.45, 2.75) is 19.4 Å². The van der Waals surface area contributed by atoms with Gasteiger partial charge in [-0.2, -0.15) is 0 Å². The van der Waals surface area contributed by atoms with E-state index in [1.807, 2.05) is 11.6 Å². The molecular formula is C17H18N2S. The largest absolute Gasteiger partial charge is 0.310 e. The fraction of sp³-hybridized carbons (Fsp3) is 0.235. The maximum atomic E-state index is 4.40. The van der Waals surface area contributed by atoms with E-state index < -0.39 is 0 Å². The van der Waals surface area contributed by atoms with Crippen molar-refractivity contribution < 1.29 is 0 Å². The van der Waals surface area contributed by atoms with Crippen LogP contribution in [0.5, 0.6) is 0 Å². The second-order valence-corrected chi connectivity index (χ2v) is 5.83. The minimum atomic E-state index is 0.329. The normalized spacial score (nSPS) is 12.7. The van der Waals surface area contributed by atoms with Crippen LogP contribution in [-0.2, 0) is 6.42 Å². The Morgan fingerprint density at radius 1 is 1.15 bits per heavy atom. The first-order valence-electron chi connectivity index (χ1n) is 6.97. The predicted octanol–water partition coefficient (Wildman–Crippen LogP) is 4.19. The number of benzene rings is 2. The van der Waals surface area contributed by atoms with Gasteiger partial charge in [-0.25, -0.2) is 4.98 Å². The van der Waals surface area contributed by atoms with Gasteiger partial charge in [0.2, 0.25) is 0 Å². The lowest BCUT2D eigenvalue weighted by molar-refractivity contribution is 0.549. The van der Waals surface area contributed by atoms with Gasteiger partial charge in [-0.1, -0.05) is 43.3 Å². The second-order valence-electron chi connectivity index (χ2n) is 4.85. The number of aromatic nitrogens is 1. The van der Waals surface area contributed by atoms with Crippen LogP contribution in [0.4, 0.5) is 0 Å². The molecule has 1 atom stereocenters. The number of fused-ring (bicyclic) bond motifs is 1. The van der Waals surface area contributed by atoms with E-state index in [4.69, 9.17) is 0 Å². The molecule has 0 fully saturated rings. The molecule has 3 rings (SSSR count). The van der Waals surface area contributed by atoms with Crippen molar-refractivity contribution in [3.63, 3.8) is 0 Å². The van der Waals surface area contributed by atoms with Crippen LogP contribution in [-0.4, -0.2) is 11.5 Å². The molecule has 1 heterocycles. The molecule has 0 amide bonds. The number of nitrogens with zero attached hydrogens (tertiary/aromatic N) is 1. The molecule has 0 radical (unpaired) electrons. The Morgan fingerprint density at radius 2 is 2.00 bits per heavy atom. The van der Waals surface area contributed by atoms with E-state index in [1.54, 1.807) is 11.3 Å². The minimum Gasteiger partial charge on any atom is -0.310 e. The molecule has 3 aromatic rings. The summed E-state index contributed by atoms with van der Waals surface area (Å²) in [6, 6.07) is 15.6. The van der Waals surface area contributed by atoms with Gasteiger partial charge in [0, 0.05) is 24.0 Å². The Morgan fingerprint density at radius 3 is 2.75 bits per heavy atom. The lowest BCUT2D eigenvalue weighted by Crippen LogP contribution is -2.22. The van der Waals surface area contributed by atoms with Crippen LogP contribution in [0.3, 0.4) is 0 Å². The van der Waals surface area contributed by atoms with Crippen LogP contribution in [0, 0.1) is 0 Å². The van der Waals surface area contributed by atoms with Crippen molar-refractivity contribution >= 4 is 22.1 Å². The summed E-state index contributed by atoms with van der Waals surface area (Å²) in [4.78, 5) is 4.40. The van der Waals surface area contributed by atoms with E-state index in [9.17, 15) is 0 Å². The number of hydrogen-bond donors (Lipinski definition) is 1. The zero-order valence-corrected chi connectivity index (χ0v) is 12.4. The fourth-order valence-electron chi connectivity index (χ4n) is 2.51. The number of thiazole rings is 1. The third-order valence-electron chi connectivity index (χ3n) is 3.49. The summed E-state index contributed by atoms with van der Waals surface area (Å²) >= 11 is 1.72. The van der Waals surface area contributed by atoms with Crippen molar-refractivity contribution in [3.8, 4) is 0 Å². The van der Waals surface area contributed by atoms with Crippen LogP contribution < -0.4 is 5.32 Å². The van der Waals surface area contributed by atoms with Crippen LogP contribution in [0.2, 0.25) is 0 Å². The van der Waals surface area contributed by atoms with Gasteiger partial charge in [0.25, 0.3) is 0 Å². The highest BCUT2D eigenvalue weighted by atomic mass is 32.1. The summed E-state index contributed by atoms with van der Waals surface area (Å²) in [5.74, 6) is 0. The Bertz CT molecular complexity index is 676. The lowest BCUT2D eigenvalue weighted by atomic mass is 10.00. The molecule has 1 unspecified atom stereocenters. The standard InChI is InChI=1S/C17H18N2S/c1-2-18-16(12-17-19-9-10-20-17)15-8-7-13-5-3-4-6-14(13)11-15/h3-11,16,18H,2,12H2,1H3. The van der Waals surface area contributed by atoms with Crippen molar-refractivity contribution in [1.29, 1.82) is 0 Å². The lowest BCUT2D eigenvalue weighted by Gasteiger charge is -2.17. The highest BCUT2D eigenvalue weighted by molar-refractivity contribution is 7.09. The van der Waals surface area contributed by atoms with E-state index in [2.05, 4.69) is 59.7 Å². The first-order valence-corrected chi connectivity index (χ1v) is 7.85. The quantitative estimate of drug-likeness (QED) is 0.759. The SMILES string of the molecule is CCNC(Cc1nccs1)c1ccc2ccccc2c1. The van der Waals surface area contributed by atoms with Crippen LogP contribution in [0.25, 0.3) is 10.8 Å². The second kappa shape index (κ2) is 6.16. The van der Waals surface area contributed by atoms with Crippen molar-refractivity contribution in [1.82, 2.24) is 10.3 Å². The third-order valence-corrected chi connectivity index (χ3v) is 4.29. The molecule has 0 saturated carbocycles. The zero-order chi connectivity index (χ0) is 13.8. The first-order chi connectivity index (χ1) is 9.86. The van der Waals surface area contributed by atoms with Gasteiger partial charge in [-0.3, -0.25) is 0 Å². The summed E-state index contributed by atoms with van der Waals surface area (Å²) in [5, 5.41) is 9.38. The highest BCUT2D eigenvalue weighted by Gasteiger charge is 2.13. The molecule has 102 valence electrons. The average molecular weight is 282 g/mol. The fourth-order valence-corrected chi connectivity index (χ4v) is 3.17. The number of rotatable bonds is 5. The zero-order valence-electron chi connectivity index (χ0n) is 11.5. The minimum absolute atomic E-state index is 0.329. The summed E-state index contributed by atoms with van der Waals surface area (Å²) in [6.45, 7) is 3.11. The van der Waals surface area contributed by atoms with E-state index >= 15 is 0 Å². The number of nitrogens with one attached hydrogen (secondary N) is 1. The number of hydrogen-bond acceptors (Lipinski definition) is 3. The maximum absolute atomic E-state index is 4.40. The van der Waals surface area contributed by atoms with Gasteiger partial charge in [0.05, 0.1) is 5.01 Å². The molecule has 1 aromatic heterocycles. The van der Waals surface area contributed by atoms with Crippen molar-refractivity contribution in [3.05, 3.63) is 64.6 Å². The molecule has 0 bridgehead atoms. The van der Waals surface area contributed by atoms with Crippen molar-refractivity contribution in [2.75, 3.05) is 6.54 Å². The van der Waals surface area contributed by atoms with Crippen LogP contribution in [0.15, 0.2) is 54.0 Å². The molecular weight excluding hydrogens is 264 g/mol. The number of likely N-dealkylation sites (N-methyl/N-ethyl adjacent to an activating group) is 1. The molecule has 0 aliphatic rings. The van der Waals surface area contributed by atoms with Gasteiger partial charge in [-0.05, 0) is 28.9 Å². The molecule has 1 N–H and O–H groups in total. The predicted molar refractivity (Wildman–Crippen MR) is 86.2 cm³/mol. The van der Waals surface area contributed by atoms with E-state index in [0.717, 1.165) is 13.0 Å². The van der Waals surface area contributed by atoms with Gasteiger partial charge in [0.1, 0.15) is 0 Å². The molecule has 20 heavy (non-hydrogen) atoms. The smallest absolute Gasteiger partial charge is 0.0943 e. The maximum Gasteiger partial charge on any atom is 0.0943 e. The van der Waals surface area contributed by atoms with Gasteiger partial charge in [0.15, 0.2) is 0 Å². The molecule has 3 heteroatoms. The van der Waals surface area contributed by atoms with Gasteiger partial charge < -0.3 is 5.32 Å². The molecule has 0 spiro atoms. The highest BCUT2D eigenvalue weighted by Crippen LogP contribution is 2.23. The molecule has 2 aromatic carbocycles. The molecule has 0 aliphatic carbocycles. The summed E-state index contributed by atoms with van der Waals surface area (Å²) < 4.78 is 0. The molecule has 0 aliphatic heterocycles. The Labute approximate surface area is 123 Å².